The van der Waals surface area contributed by atoms with Gasteiger partial charge in [-0.15, -0.1) is 0 Å². The average molecular weight is 196 g/mol. The fourth-order valence-electron chi connectivity index (χ4n) is 2.23. The van der Waals surface area contributed by atoms with Crippen LogP contribution in [0.2, 0.25) is 24.7 Å². The second kappa shape index (κ2) is 4.99. The van der Waals surface area contributed by atoms with Crippen LogP contribution in [0.25, 0.3) is 0 Å². The average Bonchev–Trinajstić information content (AvgIpc) is 2.40. The van der Waals surface area contributed by atoms with Crippen molar-refractivity contribution in [2.45, 2.75) is 63.7 Å². The molecule has 0 aromatic rings. The first-order valence-electron chi connectivity index (χ1n) is 5.83. The van der Waals surface area contributed by atoms with Crippen LogP contribution in [0.1, 0.15) is 39.0 Å². The minimum atomic E-state index is -0.841. The van der Waals surface area contributed by atoms with E-state index in [1.807, 2.05) is 0 Å². The molecule has 0 fully saturated rings. The van der Waals surface area contributed by atoms with Crippen LogP contribution in [0.5, 0.6) is 0 Å². The summed E-state index contributed by atoms with van der Waals surface area (Å²) in [6.07, 6.45) is 12.1. The van der Waals surface area contributed by atoms with Gasteiger partial charge in [0, 0.05) is 0 Å². The maximum Gasteiger partial charge on any atom is 0.0580 e. The Bertz CT molecular complexity index is 170. The molecule has 1 heterocycles. The number of allylic oxidation sites excluding steroid dienone is 2. The topological polar surface area (TPSA) is 0 Å². The molecule has 13 heavy (non-hydrogen) atoms. The van der Waals surface area contributed by atoms with E-state index in [4.69, 9.17) is 0 Å². The Labute approximate surface area is 84.4 Å². The molecule has 0 aromatic carbocycles. The highest BCUT2D eigenvalue weighted by atomic mass is 28.3. The molecule has 1 unspecified atom stereocenters. The third kappa shape index (κ3) is 3.30. The van der Waals surface area contributed by atoms with Gasteiger partial charge in [-0.25, -0.2) is 0 Å². The van der Waals surface area contributed by atoms with Gasteiger partial charge < -0.3 is 0 Å². The molecule has 1 aliphatic heterocycles. The normalized spacial score (nSPS) is 25.3. The van der Waals surface area contributed by atoms with Gasteiger partial charge in [0.1, 0.15) is 0 Å². The number of hydrogen-bond acceptors (Lipinski definition) is 0. The van der Waals surface area contributed by atoms with Crippen molar-refractivity contribution in [1.82, 2.24) is 0 Å². The zero-order valence-electron chi connectivity index (χ0n) is 9.47. The first-order valence-corrected chi connectivity index (χ1v) is 9.12. The molecule has 0 aromatic heterocycles. The number of unbranched alkanes of at least 4 members (excludes halogenated alkanes) is 3. The maximum absolute atomic E-state index is 2.54. The zero-order chi connectivity index (χ0) is 9.73. The fraction of sp³-hybridized carbons (Fsp3) is 0.833. The summed E-state index contributed by atoms with van der Waals surface area (Å²) in [5.74, 6) is 0. The van der Waals surface area contributed by atoms with Crippen LogP contribution in [0.3, 0.4) is 0 Å². The van der Waals surface area contributed by atoms with Gasteiger partial charge in [0.25, 0.3) is 0 Å². The van der Waals surface area contributed by atoms with Crippen molar-refractivity contribution in [2.75, 3.05) is 0 Å². The van der Waals surface area contributed by atoms with Gasteiger partial charge in [-0.1, -0.05) is 57.9 Å². The summed E-state index contributed by atoms with van der Waals surface area (Å²) in [5, 5.41) is 0. The van der Waals surface area contributed by atoms with Gasteiger partial charge in [0.05, 0.1) is 8.07 Å². The molecule has 0 saturated carbocycles. The summed E-state index contributed by atoms with van der Waals surface area (Å²) in [7, 11) is -0.841. The van der Waals surface area contributed by atoms with Crippen molar-refractivity contribution >= 4 is 8.07 Å². The standard InChI is InChI=1S/C12H24Si/c1-4-5-6-7-9-12-10-8-11-13(12,2)3/h8,10,12H,4-7,9,11H2,1-3H3. The molecular formula is C12H24Si. The lowest BCUT2D eigenvalue weighted by molar-refractivity contribution is 0.633. The van der Waals surface area contributed by atoms with Crippen LogP contribution >= 0.6 is 0 Å². The quantitative estimate of drug-likeness (QED) is 0.342. The third-order valence-electron chi connectivity index (χ3n) is 3.38. The van der Waals surface area contributed by atoms with Crippen LogP contribution in [-0.2, 0) is 0 Å². The van der Waals surface area contributed by atoms with Gasteiger partial charge >= 0.3 is 0 Å². The Morgan fingerprint density at radius 2 is 2.00 bits per heavy atom. The van der Waals surface area contributed by atoms with E-state index in [1.54, 1.807) is 0 Å². The Balaban J connectivity index is 2.17. The smallest absolute Gasteiger partial charge is 0.0580 e. The Kier molecular flexibility index (Phi) is 4.24. The minimum Gasteiger partial charge on any atom is -0.0912 e. The van der Waals surface area contributed by atoms with E-state index in [2.05, 4.69) is 32.2 Å². The number of rotatable bonds is 5. The number of hydrogen-bond donors (Lipinski definition) is 0. The summed E-state index contributed by atoms with van der Waals surface area (Å²) in [4.78, 5) is 0. The first kappa shape index (κ1) is 11.0. The molecule has 1 atom stereocenters. The fourth-order valence-corrected chi connectivity index (χ4v) is 4.91. The van der Waals surface area contributed by atoms with E-state index >= 15 is 0 Å². The van der Waals surface area contributed by atoms with Crippen molar-refractivity contribution in [3.63, 3.8) is 0 Å². The molecular weight excluding hydrogens is 172 g/mol. The van der Waals surface area contributed by atoms with Crippen molar-refractivity contribution in [3.8, 4) is 0 Å². The molecule has 1 aliphatic rings. The second-order valence-corrected chi connectivity index (χ2v) is 10.2. The SMILES string of the molecule is CCCCCCC1C=CC[Si]1(C)C. The molecule has 0 N–H and O–H groups in total. The van der Waals surface area contributed by atoms with Gasteiger partial charge in [0.15, 0.2) is 0 Å². The lowest BCUT2D eigenvalue weighted by Crippen LogP contribution is -2.27. The molecule has 0 aliphatic carbocycles. The largest absolute Gasteiger partial charge is 0.0912 e. The first-order chi connectivity index (χ1) is 6.17. The molecule has 1 rings (SSSR count). The third-order valence-corrected chi connectivity index (χ3v) is 7.16. The summed E-state index contributed by atoms with van der Waals surface area (Å²) >= 11 is 0. The minimum absolute atomic E-state index is 0.841. The predicted molar refractivity (Wildman–Crippen MR) is 63.9 cm³/mol. The monoisotopic (exact) mass is 196 g/mol. The molecule has 0 spiro atoms. The molecule has 0 nitrogen and oxygen atoms in total. The Morgan fingerprint density at radius 3 is 2.54 bits per heavy atom. The van der Waals surface area contributed by atoms with Gasteiger partial charge in [-0.3, -0.25) is 0 Å². The lowest BCUT2D eigenvalue weighted by atomic mass is 10.1. The summed E-state index contributed by atoms with van der Waals surface area (Å²) in [5.41, 5.74) is 0.990. The molecule has 0 amide bonds. The highest BCUT2D eigenvalue weighted by Crippen LogP contribution is 2.37. The Morgan fingerprint density at radius 1 is 1.23 bits per heavy atom. The van der Waals surface area contributed by atoms with Crippen LogP contribution in [0, 0.1) is 0 Å². The van der Waals surface area contributed by atoms with Crippen LogP contribution in [0.4, 0.5) is 0 Å². The molecule has 0 radical (unpaired) electrons. The van der Waals surface area contributed by atoms with E-state index in [0.717, 1.165) is 5.54 Å². The predicted octanol–water partition coefficient (Wildman–Crippen LogP) is 4.61. The second-order valence-electron chi connectivity index (χ2n) is 5.08. The van der Waals surface area contributed by atoms with Crippen molar-refractivity contribution in [3.05, 3.63) is 12.2 Å². The zero-order valence-corrected chi connectivity index (χ0v) is 10.5. The summed E-state index contributed by atoms with van der Waals surface area (Å²) < 4.78 is 0. The molecule has 1 heteroatoms. The van der Waals surface area contributed by atoms with Gasteiger partial charge in [-0.05, 0) is 18.0 Å². The van der Waals surface area contributed by atoms with E-state index in [0.29, 0.717) is 0 Å². The van der Waals surface area contributed by atoms with Gasteiger partial charge in [0.2, 0.25) is 0 Å². The Hall–Kier alpha value is -0.0431. The highest BCUT2D eigenvalue weighted by Gasteiger charge is 2.31. The van der Waals surface area contributed by atoms with Crippen LogP contribution in [-0.4, -0.2) is 8.07 Å². The van der Waals surface area contributed by atoms with Crippen LogP contribution < -0.4 is 0 Å². The molecule has 0 saturated heterocycles. The van der Waals surface area contributed by atoms with E-state index in [1.165, 1.54) is 38.1 Å². The molecule has 0 bridgehead atoms. The van der Waals surface area contributed by atoms with E-state index in [-0.39, 0.29) is 0 Å². The lowest BCUT2D eigenvalue weighted by Gasteiger charge is -2.24. The highest BCUT2D eigenvalue weighted by molar-refractivity contribution is 6.80. The molecule has 76 valence electrons. The summed E-state index contributed by atoms with van der Waals surface area (Å²) in [6, 6.07) is 1.42. The van der Waals surface area contributed by atoms with E-state index in [9.17, 15) is 0 Å². The van der Waals surface area contributed by atoms with Crippen LogP contribution in [0.15, 0.2) is 12.2 Å². The van der Waals surface area contributed by atoms with Crippen molar-refractivity contribution in [1.29, 1.82) is 0 Å². The summed E-state index contributed by atoms with van der Waals surface area (Å²) in [6.45, 7) is 7.36. The maximum atomic E-state index is 2.54. The van der Waals surface area contributed by atoms with E-state index < -0.39 is 8.07 Å². The van der Waals surface area contributed by atoms with Gasteiger partial charge in [-0.2, -0.15) is 0 Å². The van der Waals surface area contributed by atoms with Crippen molar-refractivity contribution < 1.29 is 0 Å². The van der Waals surface area contributed by atoms with Crippen molar-refractivity contribution in [2.24, 2.45) is 0 Å².